The molecule has 1 saturated heterocycles. The maximum absolute atomic E-state index is 3.47. The van der Waals surface area contributed by atoms with Gasteiger partial charge in [-0.15, -0.1) is 12.4 Å². The van der Waals surface area contributed by atoms with Gasteiger partial charge in [0.2, 0.25) is 0 Å². The topological polar surface area (TPSA) is 15.3 Å². The molecule has 0 aromatic heterocycles. The van der Waals surface area contributed by atoms with E-state index in [0.29, 0.717) is 0 Å². The molecule has 2 aliphatic rings. The van der Waals surface area contributed by atoms with Crippen LogP contribution in [0.3, 0.4) is 0 Å². The van der Waals surface area contributed by atoms with Gasteiger partial charge in [0, 0.05) is 18.6 Å². The van der Waals surface area contributed by atoms with Crippen LogP contribution in [0.2, 0.25) is 0 Å². The molecule has 2 fully saturated rings. The zero-order valence-corrected chi connectivity index (χ0v) is 12.4. The van der Waals surface area contributed by atoms with E-state index < -0.39 is 0 Å². The van der Waals surface area contributed by atoms with E-state index in [-0.39, 0.29) is 12.4 Å². The molecule has 0 spiro atoms. The lowest BCUT2D eigenvalue weighted by Gasteiger charge is -2.36. The molecule has 0 radical (unpaired) electrons. The molecule has 0 amide bonds. The summed E-state index contributed by atoms with van der Waals surface area (Å²) in [5.41, 5.74) is 0. The Hall–Kier alpha value is 0.210. The summed E-state index contributed by atoms with van der Waals surface area (Å²) in [7, 11) is 0. The van der Waals surface area contributed by atoms with E-state index in [1.54, 1.807) is 0 Å². The van der Waals surface area contributed by atoms with Crippen LogP contribution in [0.15, 0.2) is 0 Å². The number of rotatable bonds is 5. The predicted molar refractivity (Wildman–Crippen MR) is 76.9 cm³/mol. The highest BCUT2D eigenvalue weighted by atomic mass is 35.5. The van der Waals surface area contributed by atoms with Crippen LogP contribution in [0.25, 0.3) is 0 Å². The van der Waals surface area contributed by atoms with Crippen molar-refractivity contribution in [3.63, 3.8) is 0 Å². The van der Waals surface area contributed by atoms with Crippen molar-refractivity contribution in [2.45, 2.75) is 58.5 Å². The largest absolute Gasteiger partial charge is 0.317 e. The summed E-state index contributed by atoms with van der Waals surface area (Å²) in [5.74, 6) is 1.74. The summed E-state index contributed by atoms with van der Waals surface area (Å²) in [6.07, 6.45) is 5.66. The van der Waals surface area contributed by atoms with Gasteiger partial charge in [-0.1, -0.05) is 13.8 Å². The fraction of sp³-hybridized carbons (Fsp3) is 1.00. The SMILES string of the molecule is CC(C)C(C)N(CC1CCNCC1)C1CC1.Cl. The molecule has 1 heterocycles. The van der Waals surface area contributed by atoms with E-state index in [1.165, 1.54) is 45.3 Å². The predicted octanol–water partition coefficient (Wildman–Crippen LogP) is 2.92. The smallest absolute Gasteiger partial charge is 0.00994 e. The van der Waals surface area contributed by atoms with Crippen molar-refractivity contribution in [2.75, 3.05) is 19.6 Å². The fourth-order valence-electron chi connectivity index (χ4n) is 2.80. The molecule has 3 heteroatoms. The Balaban J connectivity index is 0.00000144. The summed E-state index contributed by atoms with van der Waals surface area (Å²) < 4.78 is 0. The van der Waals surface area contributed by atoms with Gasteiger partial charge in [-0.3, -0.25) is 4.90 Å². The summed E-state index contributed by atoms with van der Waals surface area (Å²) in [5, 5.41) is 3.47. The van der Waals surface area contributed by atoms with Gasteiger partial charge in [-0.2, -0.15) is 0 Å². The van der Waals surface area contributed by atoms with Gasteiger partial charge in [0.1, 0.15) is 0 Å². The number of piperidine rings is 1. The highest BCUT2D eigenvalue weighted by Gasteiger charge is 2.34. The highest BCUT2D eigenvalue weighted by Crippen LogP contribution is 2.32. The third kappa shape index (κ3) is 4.42. The first kappa shape index (κ1) is 15.3. The van der Waals surface area contributed by atoms with E-state index >= 15 is 0 Å². The lowest BCUT2D eigenvalue weighted by molar-refractivity contribution is 0.123. The third-order valence-electron chi connectivity index (χ3n) is 4.43. The summed E-state index contributed by atoms with van der Waals surface area (Å²) in [6, 6.07) is 1.69. The number of halogens is 1. The summed E-state index contributed by atoms with van der Waals surface area (Å²) in [4.78, 5) is 2.81. The van der Waals surface area contributed by atoms with Crippen molar-refractivity contribution in [3.8, 4) is 0 Å². The Bertz CT molecular complexity index is 210. The van der Waals surface area contributed by atoms with Gasteiger partial charge in [-0.25, -0.2) is 0 Å². The summed E-state index contributed by atoms with van der Waals surface area (Å²) >= 11 is 0. The van der Waals surface area contributed by atoms with E-state index in [1.807, 2.05) is 0 Å². The van der Waals surface area contributed by atoms with Crippen molar-refractivity contribution in [1.29, 1.82) is 0 Å². The van der Waals surface area contributed by atoms with Gasteiger partial charge in [0.05, 0.1) is 0 Å². The van der Waals surface area contributed by atoms with E-state index in [9.17, 15) is 0 Å². The molecule has 0 bridgehead atoms. The van der Waals surface area contributed by atoms with Crippen LogP contribution < -0.4 is 5.32 Å². The molecule has 102 valence electrons. The van der Waals surface area contributed by atoms with Gasteiger partial charge < -0.3 is 5.32 Å². The highest BCUT2D eigenvalue weighted by molar-refractivity contribution is 5.85. The standard InChI is InChI=1S/C14H28N2.ClH/c1-11(2)12(3)16(14-4-5-14)10-13-6-8-15-9-7-13;/h11-15H,4-10H2,1-3H3;1H. The van der Waals surface area contributed by atoms with Crippen LogP contribution in [0, 0.1) is 11.8 Å². The van der Waals surface area contributed by atoms with Crippen LogP contribution in [0.4, 0.5) is 0 Å². The Morgan fingerprint density at radius 2 is 1.65 bits per heavy atom. The molecule has 0 aromatic carbocycles. The van der Waals surface area contributed by atoms with Gasteiger partial charge in [0.15, 0.2) is 0 Å². The van der Waals surface area contributed by atoms with Crippen molar-refractivity contribution >= 4 is 12.4 Å². The molecule has 0 aromatic rings. The molecular formula is C14H29ClN2. The molecular weight excluding hydrogens is 232 g/mol. The van der Waals surface area contributed by atoms with Crippen LogP contribution >= 0.6 is 12.4 Å². The number of nitrogens with zero attached hydrogens (tertiary/aromatic N) is 1. The average molecular weight is 261 g/mol. The first-order valence-corrected chi connectivity index (χ1v) is 7.15. The molecule has 1 unspecified atom stereocenters. The van der Waals surface area contributed by atoms with Crippen molar-refractivity contribution in [3.05, 3.63) is 0 Å². The lowest BCUT2D eigenvalue weighted by atomic mass is 9.95. The number of hydrogen-bond acceptors (Lipinski definition) is 2. The van der Waals surface area contributed by atoms with Gasteiger partial charge in [0.25, 0.3) is 0 Å². The first-order chi connectivity index (χ1) is 7.68. The molecule has 1 N–H and O–H groups in total. The first-order valence-electron chi connectivity index (χ1n) is 7.15. The van der Waals surface area contributed by atoms with Crippen LogP contribution in [0.5, 0.6) is 0 Å². The van der Waals surface area contributed by atoms with Crippen molar-refractivity contribution in [1.82, 2.24) is 10.2 Å². The molecule has 1 atom stereocenters. The number of nitrogens with one attached hydrogen (secondary N) is 1. The second-order valence-corrected chi connectivity index (χ2v) is 6.11. The van der Waals surface area contributed by atoms with Crippen LogP contribution in [-0.2, 0) is 0 Å². The Labute approximate surface area is 113 Å². The molecule has 2 rings (SSSR count). The monoisotopic (exact) mass is 260 g/mol. The van der Waals surface area contributed by atoms with E-state index in [0.717, 1.165) is 23.9 Å². The lowest BCUT2D eigenvalue weighted by Crippen LogP contribution is -2.43. The second-order valence-electron chi connectivity index (χ2n) is 6.11. The fourth-order valence-corrected chi connectivity index (χ4v) is 2.80. The molecule has 1 aliphatic carbocycles. The van der Waals surface area contributed by atoms with Crippen LogP contribution in [0.1, 0.15) is 46.5 Å². The van der Waals surface area contributed by atoms with Crippen LogP contribution in [-0.4, -0.2) is 36.6 Å². The minimum Gasteiger partial charge on any atom is -0.317 e. The van der Waals surface area contributed by atoms with Gasteiger partial charge >= 0.3 is 0 Å². The van der Waals surface area contributed by atoms with Crippen molar-refractivity contribution < 1.29 is 0 Å². The van der Waals surface area contributed by atoms with Gasteiger partial charge in [-0.05, 0) is 57.5 Å². The Kier molecular flexibility index (Phi) is 6.25. The molecule has 1 aliphatic heterocycles. The average Bonchev–Trinajstić information content (AvgIpc) is 3.10. The third-order valence-corrected chi connectivity index (χ3v) is 4.43. The molecule has 17 heavy (non-hydrogen) atoms. The van der Waals surface area contributed by atoms with E-state index in [4.69, 9.17) is 0 Å². The normalized spacial score (nSPS) is 23.8. The number of hydrogen-bond donors (Lipinski definition) is 1. The quantitative estimate of drug-likeness (QED) is 0.818. The molecule has 2 nitrogen and oxygen atoms in total. The second kappa shape index (κ2) is 6.96. The minimum atomic E-state index is 0. The Morgan fingerprint density at radius 1 is 1.06 bits per heavy atom. The van der Waals surface area contributed by atoms with E-state index in [2.05, 4.69) is 31.0 Å². The molecule has 1 saturated carbocycles. The minimum absolute atomic E-state index is 0. The van der Waals surface area contributed by atoms with Crippen molar-refractivity contribution in [2.24, 2.45) is 11.8 Å². The maximum Gasteiger partial charge on any atom is 0.00994 e. The zero-order chi connectivity index (χ0) is 11.5. The maximum atomic E-state index is 3.47. The summed E-state index contributed by atoms with van der Waals surface area (Å²) in [6.45, 7) is 11.0. The zero-order valence-electron chi connectivity index (χ0n) is 11.6. The Morgan fingerprint density at radius 3 is 2.12 bits per heavy atom.